The van der Waals surface area contributed by atoms with Crippen LogP contribution < -0.4 is 4.74 Å². The number of rotatable bonds is 13. The van der Waals surface area contributed by atoms with Gasteiger partial charge in [0.1, 0.15) is 31.1 Å². The van der Waals surface area contributed by atoms with Crippen LogP contribution in [0.4, 0.5) is 0 Å². The molecule has 1 aliphatic heterocycles. The Bertz CT molecular complexity index is 806. The molecule has 0 radical (unpaired) electrons. The number of morpholine rings is 1. The van der Waals surface area contributed by atoms with E-state index in [0.29, 0.717) is 32.8 Å². The number of hydrogen-bond acceptors (Lipinski definition) is 8. The predicted molar refractivity (Wildman–Crippen MR) is 113 cm³/mol. The molecule has 0 saturated carbocycles. The molecule has 1 heterocycles. The third-order valence-electron chi connectivity index (χ3n) is 5.53. The van der Waals surface area contributed by atoms with Crippen molar-refractivity contribution >= 4 is 17.9 Å². The summed E-state index contributed by atoms with van der Waals surface area (Å²) in [5.41, 5.74) is -3.10. The van der Waals surface area contributed by atoms with E-state index in [0.717, 1.165) is 25.7 Å². The first-order valence-corrected chi connectivity index (χ1v) is 10.9. The largest absolute Gasteiger partial charge is 0.508 e. The van der Waals surface area contributed by atoms with Crippen LogP contribution in [-0.2, 0) is 24.0 Å². The molecule has 0 spiro atoms. The van der Waals surface area contributed by atoms with E-state index in [1.807, 2.05) is 0 Å². The molecule has 1 aliphatic rings. The Morgan fingerprint density at radius 3 is 2.27 bits per heavy atom. The first-order chi connectivity index (χ1) is 15.6. The van der Waals surface area contributed by atoms with E-state index >= 15 is 0 Å². The second-order valence-corrected chi connectivity index (χ2v) is 8.10. The number of ether oxygens (including phenoxy) is 2. The van der Waals surface area contributed by atoms with Crippen LogP contribution >= 0.6 is 0 Å². The third-order valence-corrected chi connectivity index (χ3v) is 5.53. The quantitative estimate of drug-likeness (QED) is 0.244. The van der Waals surface area contributed by atoms with Crippen molar-refractivity contribution in [2.24, 2.45) is 0 Å². The maximum Gasteiger partial charge on any atom is 0.370 e. The topological polar surface area (TPSA) is 160 Å². The van der Waals surface area contributed by atoms with Gasteiger partial charge in [0.05, 0.1) is 19.6 Å². The molecule has 0 amide bonds. The van der Waals surface area contributed by atoms with E-state index in [4.69, 9.17) is 14.3 Å². The van der Waals surface area contributed by atoms with Gasteiger partial charge in [-0.2, -0.15) is 0 Å². The molecule has 11 nitrogen and oxygen atoms in total. The van der Waals surface area contributed by atoms with Crippen LogP contribution in [-0.4, -0.2) is 87.5 Å². The van der Waals surface area contributed by atoms with Gasteiger partial charge in [-0.15, -0.1) is 4.65 Å². The molecule has 1 saturated heterocycles. The number of phenols is 1. The summed E-state index contributed by atoms with van der Waals surface area (Å²) in [5, 5.41) is 39.3. The van der Waals surface area contributed by atoms with Crippen molar-refractivity contribution in [1.82, 2.24) is 0 Å². The lowest BCUT2D eigenvalue weighted by atomic mass is 9.92. The van der Waals surface area contributed by atoms with Crippen molar-refractivity contribution in [3.05, 3.63) is 24.3 Å². The summed E-state index contributed by atoms with van der Waals surface area (Å²) < 4.78 is 10.5. The number of aromatic hydroxyl groups is 1. The Kier molecular flexibility index (Phi) is 9.44. The number of phenolic OH excluding ortho intramolecular Hbond substituents is 1. The molecule has 33 heavy (non-hydrogen) atoms. The van der Waals surface area contributed by atoms with Crippen LogP contribution in [0.15, 0.2) is 24.3 Å². The lowest BCUT2D eigenvalue weighted by Gasteiger charge is -2.38. The van der Waals surface area contributed by atoms with Crippen molar-refractivity contribution in [3.63, 3.8) is 0 Å². The summed E-state index contributed by atoms with van der Waals surface area (Å²) >= 11 is 0. The molecule has 1 aromatic rings. The summed E-state index contributed by atoms with van der Waals surface area (Å²) in [5.74, 6) is -5.01. The fourth-order valence-electron chi connectivity index (χ4n) is 3.62. The molecular formula is C22H32NO10+. The van der Waals surface area contributed by atoms with Gasteiger partial charge >= 0.3 is 17.9 Å². The number of hydroxylamine groups is 3. The highest BCUT2D eigenvalue weighted by atomic mass is 16.8. The lowest BCUT2D eigenvalue weighted by molar-refractivity contribution is -1.09. The minimum Gasteiger partial charge on any atom is -0.508 e. The van der Waals surface area contributed by atoms with Crippen molar-refractivity contribution in [2.75, 3.05) is 32.8 Å². The van der Waals surface area contributed by atoms with Crippen molar-refractivity contribution in [3.8, 4) is 11.5 Å². The highest BCUT2D eigenvalue weighted by molar-refractivity contribution is 5.91. The number of carboxylic acid groups (broad SMARTS) is 2. The lowest BCUT2D eigenvalue weighted by Crippen LogP contribution is -2.60. The zero-order valence-electron chi connectivity index (χ0n) is 18.6. The summed E-state index contributed by atoms with van der Waals surface area (Å²) in [7, 11) is 0. The molecule has 0 bridgehead atoms. The van der Waals surface area contributed by atoms with E-state index < -0.39 is 36.0 Å². The smallest absolute Gasteiger partial charge is 0.370 e. The Labute approximate surface area is 191 Å². The number of quaternary nitrogens is 1. The van der Waals surface area contributed by atoms with Crippen LogP contribution in [0.5, 0.6) is 11.5 Å². The summed E-state index contributed by atoms with van der Waals surface area (Å²) in [6.45, 7) is 4.03. The van der Waals surface area contributed by atoms with Gasteiger partial charge in [-0.25, -0.2) is 14.4 Å². The molecule has 11 heteroatoms. The molecule has 184 valence electrons. The van der Waals surface area contributed by atoms with Gasteiger partial charge in [0.15, 0.2) is 0 Å². The number of carbonyl (C=O) groups is 3. The first-order valence-electron chi connectivity index (χ1n) is 10.9. The highest BCUT2D eigenvalue weighted by Crippen LogP contribution is 2.26. The monoisotopic (exact) mass is 470 g/mol. The zero-order valence-corrected chi connectivity index (χ0v) is 18.6. The standard InChI is InChI=1S/C22H31NO10/c1-2-3-4-5-10-23(11-13-31-14-12-23)33-18(25)15-22(30,21(28)29)19(20(26)27)32-17-8-6-16(24)7-9-17/h6-9,19,30H,2-5,10-15H2,1H3,(H2-,24,26,27,28,29)/p+1. The van der Waals surface area contributed by atoms with Gasteiger partial charge in [0.2, 0.25) is 11.7 Å². The van der Waals surface area contributed by atoms with Crippen molar-refractivity contribution < 1.29 is 53.8 Å². The van der Waals surface area contributed by atoms with Gasteiger partial charge in [-0.05, 0) is 30.7 Å². The number of carbonyl (C=O) groups excluding carboxylic acids is 1. The Morgan fingerprint density at radius 1 is 1.09 bits per heavy atom. The maximum absolute atomic E-state index is 12.8. The number of aliphatic carboxylic acids is 2. The van der Waals surface area contributed by atoms with E-state index in [1.165, 1.54) is 24.3 Å². The SMILES string of the molecule is CCCCCC[N+]1(OC(=O)CC(O)(C(=O)O)C(Oc2ccc(O)cc2)C(=O)O)CCOCC1. The number of aliphatic hydroxyl groups is 1. The second kappa shape index (κ2) is 11.8. The van der Waals surface area contributed by atoms with E-state index in [-0.39, 0.29) is 16.1 Å². The predicted octanol–water partition coefficient (Wildman–Crippen LogP) is 1.32. The number of nitrogens with zero attached hydrogens (tertiary/aromatic N) is 1. The fourth-order valence-corrected chi connectivity index (χ4v) is 3.62. The first kappa shape index (κ1) is 26.4. The van der Waals surface area contributed by atoms with Crippen LogP contribution in [0.1, 0.15) is 39.0 Å². The number of benzene rings is 1. The minimum atomic E-state index is -3.10. The number of unbranched alkanes of at least 4 members (excludes halogenated alkanes) is 3. The van der Waals surface area contributed by atoms with Gasteiger partial charge in [-0.3, -0.25) is 4.84 Å². The van der Waals surface area contributed by atoms with Crippen LogP contribution in [0, 0.1) is 0 Å². The van der Waals surface area contributed by atoms with Crippen LogP contribution in [0.25, 0.3) is 0 Å². The molecule has 0 aliphatic carbocycles. The Hall–Kier alpha value is -2.89. The Morgan fingerprint density at radius 2 is 1.73 bits per heavy atom. The second-order valence-electron chi connectivity index (χ2n) is 8.10. The van der Waals surface area contributed by atoms with Gasteiger partial charge < -0.3 is 29.9 Å². The normalized spacial score (nSPS) is 18.0. The van der Waals surface area contributed by atoms with E-state index in [1.54, 1.807) is 0 Å². The Balaban J connectivity index is 2.18. The molecule has 1 aromatic carbocycles. The zero-order chi connectivity index (χ0) is 24.5. The summed E-state index contributed by atoms with van der Waals surface area (Å²) in [4.78, 5) is 42.1. The molecular weight excluding hydrogens is 438 g/mol. The molecule has 0 aromatic heterocycles. The van der Waals surface area contributed by atoms with E-state index in [2.05, 4.69) is 6.92 Å². The molecule has 1 fully saturated rings. The molecule has 2 unspecified atom stereocenters. The van der Waals surface area contributed by atoms with Gasteiger partial charge in [0.25, 0.3) is 0 Å². The molecule has 2 atom stereocenters. The van der Waals surface area contributed by atoms with Crippen molar-refractivity contribution in [2.45, 2.75) is 50.7 Å². The maximum atomic E-state index is 12.8. The summed E-state index contributed by atoms with van der Waals surface area (Å²) in [6.07, 6.45) is 0.341. The summed E-state index contributed by atoms with van der Waals surface area (Å²) in [6, 6.07) is 4.81. The molecule has 4 N–H and O–H groups in total. The minimum absolute atomic E-state index is 0.0746. The van der Waals surface area contributed by atoms with Crippen LogP contribution in [0.2, 0.25) is 0 Å². The van der Waals surface area contributed by atoms with Gasteiger partial charge in [0, 0.05) is 6.42 Å². The average molecular weight is 470 g/mol. The van der Waals surface area contributed by atoms with Crippen molar-refractivity contribution in [1.29, 1.82) is 0 Å². The fraction of sp³-hybridized carbons (Fsp3) is 0.591. The average Bonchev–Trinajstić information content (AvgIpc) is 2.76. The van der Waals surface area contributed by atoms with E-state index in [9.17, 15) is 34.8 Å². The third kappa shape index (κ3) is 7.31. The van der Waals surface area contributed by atoms with Crippen LogP contribution in [0.3, 0.4) is 0 Å². The molecule has 2 rings (SSSR count). The highest BCUT2D eigenvalue weighted by Gasteiger charge is 2.54. The number of carboxylic acids is 2. The number of hydrogen-bond donors (Lipinski definition) is 4. The van der Waals surface area contributed by atoms with Gasteiger partial charge in [-0.1, -0.05) is 19.8 Å².